The molecule has 2 N–H and O–H groups in total. The smallest absolute Gasteiger partial charge is 0.292 e. The van der Waals surface area contributed by atoms with E-state index >= 15 is 0 Å². The number of rotatable bonds is 7. The van der Waals surface area contributed by atoms with Crippen LogP contribution in [0.2, 0.25) is 0 Å². The molecule has 0 heterocycles. The second-order valence-corrected chi connectivity index (χ2v) is 5.04. The summed E-state index contributed by atoms with van der Waals surface area (Å²) in [6.45, 7) is 2.47. The zero-order valence-corrected chi connectivity index (χ0v) is 13.5. The van der Waals surface area contributed by atoms with Crippen LogP contribution in [0.4, 0.5) is 17.1 Å². The molecule has 0 aromatic heterocycles. The van der Waals surface area contributed by atoms with Gasteiger partial charge >= 0.3 is 0 Å². The van der Waals surface area contributed by atoms with E-state index in [2.05, 4.69) is 10.6 Å². The lowest BCUT2D eigenvalue weighted by molar-refractivity contribution is -0.383. The van der Waals surface area contributed by atoms with Crippen LogP contribution in [0.15, 0.2) is 42.5 Å². The van der Waals surface area contributed by atoms with Crippen molar-refractivity contribution in [2.75, 3.05) is 24.3 Å². The van der Waals surface area contributed by atoms with E-state index in [0.29, 0.717) is 12.3 Å². The Morgan fingerprint density at radius 3 is 2.50 bits per heavy atom. The topological polar surface area (TPSA) is 93.5 Å². The molecule has 0 aliphatic carbocycles. The highest BCUT2D eigenvalue weighted by atomic mass is 16.6. The van der Waals surface area contributed by atoms with Gasteiger partial charge in [0.15, 0.2) is 0 Å². The third kappa shape index (κ3) is 4.45. The first-order chi connectivity index (χ1) is 11.5. The molecule has 7 nitrogen and oxygen atoms in total. The summed E-state index contributed by atoms with van der Waals surface area (Å²) in [5.41, 5.74) is 1.50. The third-order valence-electron chi connectivity index (χ3n) is 3.36. The van der Waals surface area contributed by atoms with E-state index in [-0.39, 0.29) is 23.7 Å². The van der Waals surface area contributed by atoms with E-state index in [9.17, 15) is 14.9 Å². The first-order valence-electron chi connectivity index (χ1n) is 7.51. The van der Waals surface area contributed by atoms with Crippen LogP contribution in [0.5, 0.6) is 5.75 Å². The van der Waals surface area contributed by atoms with Crippen molar-refractivity contribution in [1.29, 1.82) is 0 Å². The van der Waals surface area contributed by atoms with Crippen molar-refractivity contribution in [1.82, 2.24) is 0 Å². The van der Waals surface area contributed by atoms with Crippen molar-refractivity contribution in [2.45, 2.75) is 13.3 Å². The molecule has 1 amide bonds. The molecule has 2 aromatic carbocycles. The van der Waals surface area contributed by atoms with E-state index < -0.39 is 4.92 Å². The molecule has 0 spiro atoms. The van der Waals surface area contributed by atoms with Gasteiger partial charge in [-0.05, 0) is 36.8 Å². The number of hydrogen-bond acceptors (Lipinski definition) is 5. The average molecular weight is 329 g/mol. The largest absolute Gasteiger partial charge is 0.494 e. The van der Waals surface area contributed by atoms with Gasteiger partial charge in [-0.3, -0.25) is 14.9 Å². The van der Waals surface area contributed by atoms with Gasteiger partial charge in [0, 0.05) is 18.8 Å². The maximum absolute atomic E-state index is 12.2. The Kier molecular flexibility index (Phi) is 5.73. The fourth-order valence-electron chi connectivity index (χ4n) is 2.20. The fraction of sp³-hybridized carbons (Fsp3) is 0.235. The van der Waals surface area contributed by atoms with Gasteiger partial charge in [-0.25, -0.2) is 0 Å². The average Bonchev–Trinajstić information content (AvgIpc) is 2.56. The third-order valence-corrected chi connectivity index (χ3v) is 3.36. The number of hydrogen-bond donors (Lipinski definition) is 2. The summed E-state index contributed by atoms with van der Waals surface area (Å²) < 4.78 is 5.35. The zero-order chi connectivity index (χ0) is 17.5. The summed E-state index contributed by atoms with van der Waals surface area (Å²) in [7, 11) is 1.70. The minimum Gasteiger partial charge on any atom is -0.494 e. The van der Waals surface area contributed by atoms with E-state index in [1.54, 1.807) is 37.4 Å². The van der Waals surface area contributed by atoms with Crippen molar-refractivity contribution in [3.8, 4) is 5.75 Å². The van der Waals surface area contributed by atoms with Crippen molar-refractivity contribution < 1.29 is 14.5 Å². The molecule has 0 fully saturated rings. The second-order valence-electron chi connectivity index (χ2n) is 5.04. The van der Waals surface area contributed by atoms with Crippen LogP contribution in [0.3, 0.4) is 0 Å². The number of carbonyl (C=O) groups excluding carboxylic acids is 1. The molecule has 0 saturated heterocycles. The second kappa shape index (κ2) is 7.96. The highest BCUT2D eigenvalue weighted by Crippen LogP contribution is 2.27. The predicted octanol–water partition coefficient (Wildman–Crippen LogP) is 3.22. The Bertz CT molecular complexity index is 729. The van der Waals surface area contributed by atoms with Crippen LogP contribution in [-0.4, -0.2) is 24.5 Å². The summed E-state index contributed by atoms with van der Waals surface area (Å²) in [6.07, 6.45) is 0.118. The summed E-state index contributed by atoms with van der Waals surface area (Å²) in [4.78, 5) is 22.7. The predicted molar refractivity (Wildman–Crippen MR) is 92.6 cm³/mol. The monoisotopic (exact) mass is 329 g/mol. The summed E-state index contributed by atoms with van der Waals surface area (Å²) >= 11 is 0. The fourth-order valence-corrected chi connectivity index (χ4v) is 2.20. The normalized spacial score (nSPS) is 10.1. The van der Waals surface area contributed by atoms with Crippen LogP contribution >= 0.6 is 0 Å². The minimum absolute atomic E-state index is 0.118. The highest BCUT2D eigenvalue weighted by Gasteiger charge is 2.16. The molecule has 2 rings (SSSR count). The Labute approximate surface area is 139 Å². The van der Waals surface area contributed by atoms with Gasteiger partial charge in [0.1, 0.15) is 11.4 Å². The maximum Gasteiger partial charge on any atom is 0.292 e. The molecule has 0 aliphatic heterocycles. The SMILES string of the molecule is CCOc1ccc(CC(=O)Nc2cc(NC)ccc2[N+](=O)[O-])cc1. The molecule has 0 radical (unpaired) electrons. The molecule has 7 heteroatoms. The first kappa shape index (κ1) is 17.3. The van der Waals surface area contributed by atoms with Gasteiger partial charge in [0.2, 0.25) is 5.91 Å². The quantitative estimate of drug-likeness (QED) is 0.601. The molecule has 2 aromatic rings. The molecular formula is C17H19N3O4. The van der Waals surface area contributed by atoms with Gasteiger partial charge in [0.05, 0.1) is 18.0 Å². The standard InChI is InChI=1S/C17H19N3O4/c1-3-24-14-7-4-12(5-8-14)10-17(21)19-15-11-13(18-2)6-9-16(15)20(22)23/h4-9,11,18H,3,10H2,1-2H3,(H,19,21). The zero-order valence-electron chi connectivity index (χ0n) is 13.5. The molecular weight excluding hydrogens is 310 g/mol. The maximum atomic E-state index is 12.2. The van der Waals surface area contributed by atoms with Crippen LogP contribution in [0.1, 0.15) is 12.5 Å². The number of carbonyl (C=O) groups is 1. The van der Waals surface area contributed by atoms with Crippen molar-refractivity contribution >= 4 is 23.0 Å². The highest BCUT2D eigenvalue weighted by molar-refractivity contribution is 5.95. The Hall–Kier alpha value is -3.09. The summed E-state index contributed by atoms with van der Waals surface area (Å²) in [6, 6.07) is 11.6. The van der Waals surface area contributed by atoms with Crippen LogP contribution in [0, 0.1) is 10.1 Å². The number of ether oxygens (including phenoxy) is 1. The van der Waals surface area contributed by atoms with E-state index in [4.69, 9.17) is 4.74 Å². The number of amides is 1. The molecule has 0 bridgehead atoms. The number of nitrogens with zero attached hydrogens (tertiary/aromatic N) is 1. The number of nitro benzene ring substituents is 1. The van der Waals surface area contributed by atoms with E-state index in [1.807, 2.05) is 6.92 Å². The first-order valence-corrected chi connectivity index (χ1v) is 7.51. The number of anilines is 2. The molecule has 0 aliphatic rings. The minimum atomic E-state index is -0.522. The molecule has 126 valence electrons. The van der Waals surface area contributed by atoms with Crippen LogP contribution < -0.4 is 15.4 Å². The lowest BCUT2D eigenvalue weighted by Crippen LogP contribution is -2.15. The van der Waals surface area contributed by atoms with Crippen molar-refractivity contribution in [3.63, 3.8) is 0 Å². The van der Waals surface area contributed by atoms with Crippen molar-refractivity contribution in [3.05, 3.63) is 58.1 Å². The number of nitrogens with one attached hydrogen (secondary N) is 2. The molecule has 24 heavy (non-hydrogen) atoms. The van der Waals surface area contributed by atoms with Gasteiger partial charge in [-0.15, -0.1) is 0 Å². The van der Waals surface area contributed by atoms with Gasteiger partial charge in [-0.1, -0.05) is 12.1 Å². The van der Waals surface area contributed by atoms with Gasteiger partial charge in [0.25, 0.3) is 5.69 Å². The van der Waals surface area contributed by atoms with Gasteiger partial charge < -0.3 is 15.4 Å². The summed E-state index contributed by atoms with van der Waals surface area (Å²) in [5, 5.41) is 16.6. The van der Waals surface area contributed by atoms with E-state index in [0.717, 1.165) is 11.3 Å². The Morgan fingerprint density at radius 2 is 1.92 bits per heavy atom. The van der Waals surface area contributed by atoms with Crippen molar-refractivity contribution in [2.24, 2.45) is 0 Å². The van der Waals surface area contributed by atoms with Gasteiger partial charge in [-0.2, -0.15) is 0 Å². The summed E-state index contributed by atoms with van der Waals surface area (Å²) in [5.74, 6) is 0.412. The van der Waals surface area contributed by atoms with E-state index in [1.165, 1.54) is 12.1 Å². The van der Waals surface area contributed by atoms with Crippen LogP contribution in [0.25, 0.3) is 0 Å². The van der Waals surface area contributed by atoms with Crippen LogP contribution in [-0.2, 0) is 11.2 Å². The number of benzene rings is 2. The Balaban J connectivity index is 2.10. The lowest BCUT2D eigenvalue weighted by Gasteiger charge is -2.09. The Morgan fingerprint density at radius 1 is 1.21 bits per heavy atom. The molecule has 0 unspecified atom stereocenters. The molecule has 0 saturated carbocycles. The lowest BCUT2D eigenvalue weighted by atomic mass is 10.1. The number of nitro groups is 1. The molecule has 0 atom stereocenters.